The van der Waals surface area contributed by atoms with Gasteiger partial charge in [-0.1, -0.05) is 54.6 Å². The fourth-order valence-electron chi connectivity index (χ4n) is 6.83. The summed E-state index contributed by atoms with van der Waals surface area (Å²) in [5.74, 6) is 0.992. The molecule has 32 heavy (non-hydrogen) atoms. The van der Waals surface area contributed by atoms with Crippen LogP contribution >= 0.6 is 0 Å². The first-order valence-corrected chi connectivity index (χ1v) is 11.9. The Morgan fingerprint density at radius 1 is 1.09 bits per heavy atom. The van der Waals surface area contributed by atoms with Crippen molar-refractivity contribution in [2.24, 2.45) is 18.9 Å². The van der Waals surface area contributed by atoms with Crippen LogP contribution in [0, 0.1) is 11.8 Å². The van der Waals surface area contributed by atoms with E-state index in [9.17, 15) is 0 Å². The number of hydrogen-bond acceptors (Lipinski definition) is 3. The van der Waals surface area contributed by atoms with E-state index in [-0.39, 0.29) is 6.29 Å². The van der Waals surface area contributed by atoms with Crippen LogP contribution in [-0.2, 0) is 29.5 Å². The molecule has 2 saturated heterocycles. The van der Waals surface area contributed by atoms with Crippen molar-refractivity contribution in [3.8, 4) is 0 Å². The van der Waals surface area contributed by atoms with E-state index in [1.807, 2.05) is 0 Å². The lowest BCUT2D eigenvalue weighted by atomic mass is 9.66. The fraction of sp³-hybridized carbons (Fsp3) is 0.429. The minimum absolute atomic E-state index is 0.199. The van der Waals surface area contributed by atoms with E-state index in [4.69, 9.17) is 9.47 Å². The summed E-state index contributed by atoms with van der Waals surface area (Å²) in [6.07, 6.45) is 4.25. The third-order valence-electron chi connectivity index (χ3n) is 8.20. The maximum atomic E-state index is 6.25. The van der Waals surface area contributed by atoms with E-state index in [1.165, 1.54) is 27.7 Å². The second-order valence-electron chi connectivity index (χ2n) is 9.58. The monoisotopic (exact) mass is 428 g/mol. The van der Waals surface area contributed by atoms with Crippen molar-refractivity contribution < 1.29 is 9.47 Å². The molecule has 1 aromatic heterocycles. The molecule has 3 aromatic rings. The van der Waals surface area contributed by atoms with Gasteiger partial charge in [-0.3, -0.25) is 4.90 Å². The first kappa shape index (κ1) is 20.2. The Hall–Kier alpha value is -2.40. The van der Waals surface area contributed by atoms with Crippen LogP contribution in [-0.4, -0.2) is 35.5 Å². The predicted octanol–water partition coefficient (Wildman–Crippen LogP) is 5.23. The summed E-state index contributed by atoms with van der Waals surface area (Å²) >= 11 is 0. The minimum Gasteiger partial charge on any atom is -0.352 e. The van der Waals surface area contributed by atoms with Crippen LogP contribution in [0.4, 0.5) is 0 Å². The number of ether oxygens (including phenoxy) is 2. The summed E-state index contributed by atoms with van der Waals surface area (Å²) in [7, 11) is 4.02. The molecule has 166 valence electrons. The lowest BCUT2D eigenvalue weighted by molar-refractivity contribution is -0.167. The van der Waals surface area contributed by atoms with Gasteiger partial charge in [0.2, 0.25) is 0 Å². The van der Waals surface area contributed by atoms with Crippen LogP contribution in [0.5, 0.6) is 0 Å². The maximum absolute atomic E-state index is 6.25. The molecule has 3 aliphatic rings. The van der Waals surface area contributed by atoms with Gasteiger partial charge in [0.15, 0.2) is 6.29 Å². The van der Waals surface area contributed by atoms with Gasteiger partial charge in [-0.15, -0.1) is 0 Å². The highest BCUT2D eigenvalue weighted by atomic mass is 16.7. The number of aromatic nitrogens is 1. The quantitative estimate of drug-likeness (QED) is 0.535. The Balaban J connectivity index is 1.49. The third-order valence-corrected chi connectivity index (χ3v) is 8.20. The van der Waals surface area contributed by atoms with Crippen molar-refractivity contribution in [3.63, 3.8) is 0 Å². The van der Waals surface area contributed by atoms with Gasteiger partial charge in [-0.2, -0.15) is 0 Å². The molecule has 0 spiro atoms. The van der Waals surface area contributed by atoms with Gasteiger partial charge in [0.05, 0.1) is 12.6 Å². The number of hydrogen-bond donors (Lipinski definition) is 0. The molecule has 0 aliphatic carbocycles. The Morgan fingerprint density at radius 3 is 2.66 bits per heavy atom. The summed E-state index contributed by atoms with van der Waals surface area (Å²) < 4.78 is 14.4. The lowest BCUT2D eigenvalue weighted by Crippen LogP contribution is -2.58. The van der Waals surface area contributed by atoms with E-state index in [0.717, 1.165) is 26.0 Å². The Morgan fingerprint density at radius 2 is 1.88 bits per heavy atom. The molecule has 2 aromatic carbocycles. The number of rotatable bonds is 3. The maximum Gasteiger partial charge on any atom is 0.179 e. The fourth-order valence-corrected chi connectivity index (χ4v) is 6.83. The second kappa shape index (κ2) is 7.87. The van der Waals surface area contributed by atoms with Crippen LogP contribution in [0.3, 0.4) is 0 Å². The number of aryl methyl sites for hydroxylation is 1. The number of fused-ring (bicyclic) bond motifs is 8. The summed E-state index contributed by atoms with van der Waals surface area (Å²) in [4.78, 5) is 2.78. The van der Waals surface area contributed by atoms with Crippen LogP contribution in [0.1, 0.15) is 36.2 Å². The largest absolute Gasteiger partial charge is 0.352 e. The van der Waals surface area contributed by atoms with Crippen molar-refractivity contribution in [1.82, 2.24) is 9.47 Å². The molecule has 4 nitrogen and oxygen atoms in total. The van der Waals surface area contributed by atoms with Crippen molar-refractivity contribution in [3.05, 3.63) is 83.1 Å². The Bertz CT molecular complexity index is 1160. The molecule has 4 heterocycles. The van der Waals surface area contributed by atoms with Gasteiger partial charge < -0.3 is 14.0 Å². The molecule has 0 radical (unpaired) electrons. The number of allylic oxidation sites excluding steroid dienone is 1. The number of methoxy groups -OCH3 is 1. The van der Waals surface area contributed by atoms with Crippen molar-refractivity contribution >= 4 is 10.9 Å². The molecule has 0 saturated carbocycles. The van der Waals surface area contributed by atoms with Gasteiger partial charge in [-0.25, -0.2) is 0 Å². The summed E-state index contributed by atoms with van der Waals surface area (Å²) in [6.45, 7) is 3.89. The number of piperidine rings is 1. The normalized spacial score (nSPS) is 31.0. The van der Waals surface area contributed by atoms with Gasteiger partial charge in [0, 0.05) is 49.3 Å². The van der Waals surface area contributed by atoms with Gasteiger partial charge in [-0.05, 0) is 48.4 Å². The molecule has 0 amide bonds. The van der Waals surface area contributed by atoms with Gasteiger partial charge in [0.1, 0.15) is 0 Å². The minimum atomic E-state index is -0.199. The highest BCUT2D eigenvalue weighted by Gasteiger charge is 2.52. The van der Waals surface area contributed by atoms with E-state index >= 15 is 0 Å². The first-order chi connectivity index (χ1) is 15.7. The van der Waals surface area contributed by atoms with Crippen molar-refractivity contribution in [1.29, 1.82) is 0 Å². The van der Waals surface area contributed by atoms with Crippen LogP contribution in [0.15, 0.2) is 66.2 Å². The Labute approximate surface area is 190 Å². The van der Waals surface area contributed by atoms with Crippen molar-refractivity contribution in [2.75, 3.05) is 13.7 Å². The highest BCUT2D eigenvalue weighted by molar-refractivity contribution is 5.86. The topological polar surface area (TPSA) is 26.6 Å². The lowest BCUT2D eigenvalue weighted by Gasteiger charge is -2.56. The number of para-hydroxylation sites is 1. The van der Waals surface area contributed by atoms with Gasteiger partial charge in [0.25, 0.3) is 0 Å². The van der Waals surface area contributed by atoms with Crippen LogP contribution in [0.25, 0.3) is 10.9 Å². The summed E-state index contributed by atoms with van der Waals surface area (Å²) in [6, 6.07) is 20.7. The highest BCUT2D eigenvalue weighted by Crippen LogP contribution is 2.53. The number of benzene rings is 2. The standard InChI is InChI=1S/C28H32N2O2/c1-4-19-21-14-26-27-22(20-12-8-9-13-24(20)29(27)2)15-25(23(21)17-32-28(19)31-3)30(26)16-18-10-6-5-7-11-18/h4-13,21,23,25-26,28H,14-17H2,1-3H3/b19-4-/t21-,23+,25+,26+,28-/m0/s1. The molecule has 5 atom stereocenters. The molecule has 2 fully saturated rings. The zero-order chi connectivity index (χ0) is 21.8. The van der Waals surface area contributed by atoms with E-state index in [1.54, 1.807) is 12.7 Å². The SMILES string of the molecule is C/C=C1\[C@@H](OC)OC[C@H]2[C@H]3Cc4c(n(C)c5ccccc45)[C@@H](C[C@@H]12)N3Cc1ccccc1. The average molecular weight is 429 g/mol. The molecular weight excluding hydrogens is 396 g/mol. The molecule has 0 unspecified atom stereocenters. The van der Waals surface area contributed by atoms with Crippen molar-refractivity contribution in [2.45, 2.75) is 44.7 Å². The first-order valence-electron chi connectivity index (χ1n) is 11.9. The average Bonchev–Trinajstić information content (AvgIpc) is 3.11. The van der Waals surface area contributed by atoms with Gasteiger partial charge >= 0.3 is 0 Å². The van der Waals surface area contributed by atoms with E-state index < -0.39 is 0 Å². The molecule has 6 rings (SSSR count). The summed E-state index contributed by atoms with van der Waals surface area (Å²) in [5, 5.41) is 1.43. The number of nitrogens with zero attached hydrogens (tertiary/aromatic N) is 2. The third kappa shape index (κ3) is 2.93. The zero-order valence-electron chi connectivity index (χ0n) is 19.2. The van der Waals surface area contributed by atoms with E-state index in [2.05, 4.69) is 84.1 Å². The van der Waals surface area contributed by atoms with Crippen LogP contribution in [0.2, 0.25) is 0 Å². The zero-order valence-corrected chi connectivity index (χ0v) is 19.2. The predicted molar refractivity (Wildman–Crippen MR) is 127 cm³/mol. The second-order valence-corrected chi connectivity index (χ2v) is 9.58. The Kier molecular flexibility index (Phi) is 4.98. The summed E-state index contributed by atoms with van der Waals surface area (Å²) in [5.41, 5.74) is 7.13. The molecule has 2 bridgehead atoms. The molecule has 3 aliphatic heterocycles. The van der Waals surface area contributed by atoms with Crippen LogP contribution < -0.4 is 0 Å². The molecule has 0 N–H and O–H groups in total. The van der Waals surface area contributed by atoms with E-state index in [0.29, 0.717) is 23.9 Å². The molecular formula is C28H32N2O2. The molecule has 4 heteroatoms. The smallest absolute Gasteiger partial charge is 0.179 e.